The van der Waals surface area contributed by atoms with E-state index in [1.54, 1.807) is 13.8 Å². The molecule has 94 valence electrons. The quantitative estimate of drug-likeness (QED) is 0.747. The third-order valence-corrected chi connectivity index (χ3v) is 2.08. The van der Waals surface area contributed by atoms with Crippen LogP contribution in [0, 0.1) is 17.6 Å². The molecule has 1 aromatic rings. The Hall–Kier alpha value is -1.65. The van der Waals surface area contributed by atoms with Gasteiger partial charge in [-0.15, -0.1) is 0 Å². The highest BCUT2D eigenvalue weighted by atomic mass is 19.2. The number of hydrogen-bond acceptors (Lipinski definition) is 3. The first-order valence-electron chi connectivity index (χ1n) is 5.29. The summed E-state index contributed by atoms with van der Waals surface area (Å²) < 4.78 is 35.4. The van der Waals surface area contributed by atoms with Gasteiger partial charge < -0.3 is 9.47 Å². The molecule has 0 bridgehead atoms. The summed E-state index contributed by atoms with van der Waals surface area (Å²) in [6, 6.07) is 3.21. The van der Waals surface area contributed by atoms with Crippen molar-refractivity contribution in [2.45, 2.75) is 13.8 Å². The Morgan fingerprint density at radius 2 is 2.06 bits per heavy atom. The molecule has 0 aromatic heterocycles. The molecule has 0 aliphatic rings. The van der Waals surface area contributed by atoms with Gasteiger partial charge in [0, 0.05) is 6.07 Å². The van der Waals surface area contributed by atoms with Gasteiger partial charge in [0.1, 0.15) is 12.4 Å². The third kappa shape index (κ3) is 4.01. The Labute approximate surface area is 98.3 Å². The second-order valence-electron chi connectivity index (χ2n) is 3.54. The number of benzene rings is 1. The maximum atomic E-state index is 12.8. The predicted molar refractivity (Wildman–Crippen MR) is 57.7 cm³/mol. The second-order valence-corrected chi connectivity index (χ2v) is 3.54. The molecule has 1 aromatic carbocycles. The van der Waals surface area contributed by atoms with Crippen molar-refractivity contribution in [2.24, 2.45) is 5.92 Å². The van der Waals surface area contributed by atoms with Gasteiger partial charge in [0.25, 0.3) is 0 Å². The summed E-state index contributed by atoms with van der Waals surface area (Å²) in [5.41, 5.74) is 0. The lowest BCUT2D eigenvalue weighted by Gasteiger charge is -2.12. The molecule has 0 aliphatic heterocycles. The average molecular weight is 244 g/mol. The second kappa shape index (κ2) is 6.18. The number of rotatable bonds is 5. The van der Waals surface area contributed by atoms with E-state index >= 15 is 0 Å². The Morgan fingerprint density at radius 1 is 1.35 bits per heavy atom. The van der Waals surface area contributed by atoms with Crippen molar-refractivity contribution >= 4 is 5.97 Å². The molecular formula is C12H14F2O3. The van der Waals surface area contributed by atoms with Gasteiger partial charge in [-0.3, -0.25) is 4.79 Å². The summed E-state index contributed by atoms with van der Waals surface area (Å²) in [5.74, 6) is -2.57. The fourth-order valence-corrected chi connectivity index (χ4v) is 1.14. The first-order valence-corrected chi connectivity index (χ1v) is 5.29. The Balaban J connectivity index is 2.50. The van der Waals surface area contributed by atoms with E-state index in [-0.39, 0.29) is 18.3 Å². The van der Waals surface area contributed by atoms with E-state index < -0.39 is 17.6 Å². The van der Waals surface area contributed by atoms with E-state index in [1.165, 1.54) is 6.07 Å². The highest BCUT2D eigenvalue weighted by Crippen LogP contribution is 2.16. The Bertz CT molecular complexity index is 393. The van der Waals surface area contributed by atoms with E-state index in [0.29, 0.717) is 6.61 Å². The fourth-order valence-electron chi connectivity index (χ4n) is 1.14. The zero-order chi connectivity index (χ0) is 12.8. The standard InChI is InChI=1S/C12H14F2O3/c1-3-16-12(15)8(2)7-17-9-4-5-10(13)11(14)6-9/h4-6,8H,3,7H2,1-2H3. The molecule has 0 saturated carbocycles. The molecule has 0 spiro atoms. The Kier molecular flexibility index (Phi) is 4.87. The van der Waals surface area contributed by atoms with Gasteiger partial charge in [-0.25, -0.2) is 8.78 Å². The van der Waals surface area contributed by atoms with Crippen molar-refractivity contribution < 1.29 is 23.0 Å². The molecule has 1 atom stereocenters. The molecule has 3 nitrogen and oxygen atoms in total. The molecule has 1 rings (SSSR count). The lowest BCUT2D eigenvalue weighted by Crippen LogP contribution is -2.21. The lowest BCUT2D eigenvalue weighted by atomic mass is 10.2. The minimum Gasteiger partial charge on any atom is -0.493 e. The van der Waals surface area contributed by atoms with Crippen LogP contribution in [-0.4, -0.2) is 19.2 Å². The van der Waals surface area contributed by atoms with Gasteiger partial charge in [0.05, 0.1) is 12.5 Å². The number of carbonyl (C=O) groups excluding carboxylic acids is 1. The molecular weight excluding hydrogens is 230 g/mol. The zero-order valence-corrected chi connectivity index (χ0v) is 9.70. The van der Waals surface area contributed by atoms with E-state index in [0.717, 1.165) is 12.1 Å². The zero-order valence-electron chi connectivity index (χ0n) is 9.70. The third-order valence-electron chi connectivity index (χ3n) is 2.08. The van der Waals surface area contributed by atoms with E-state index in [9.17, 15) is 13.6 Å². The van der Waals surface area contributed by atoms with Crippen LogP contribution in [0.3, 0.4) is 0 Å². The SMILES string of the molecule is CCOC(=O)C(C)COc1ccc(F)c(F)c1. The molecule has 17 heavy (non-hydrogen) atoms. The van der Waals surface area contributed by atoms with Crippen LogP contribution in [-0.2, 0) is 9.53 Å². The van der Waals surface area contributed by atoms with Crippen molar-refractivity contribution in [2.75, 3.05) is 13.2 Å². The van der Waals surface area contributed by atoms with Crippen LogP contribution < -0.4 is 4.74 Å². The monoisotopic (exact) mass is 244 g/mol. The normalized spacial score (nSPS) is 12.0. The van der Waals surface area contributed by atoms with Gasteiger partial charge in [-0.05, 0) is 26.0 Å². The molecule has 0 amide bonds. The highest BCUT2D eigenvalue weighted by molar-refractivity contribution is 5.72. The average Bonchev–Trinajstić information content (AvgIpc) is 2.30. The van der Waals surface area contributed by atoms with Crippen molar-refractivity contribution in [3.05, 3.63) is 29.8 Å². The van der Waals surface area contributed by atoms with Crippen molar-refractivity contribution in [1.29, 1.82) is 0 Å². The van der Waals surface area contributed by atoms with E-state index in [2.05, 4.69) is 0 Å². The van der Waals surface area contributed by atoms with Crippen LogP contribution in [0.1, 0.15) is 13.8 Å². The molecule has 5 heteroatoms. The fraction of sp³-hybridized carbons (Fsp3) is 0.417. The van der Waals surface area contributed by atoms with Gasteiger partial charge in [0.15, 0.2) is 11.6 Å². The molecule has 0 heterocycles. The van der Waals surface area contributed by atoms with Crippen LogP contribution in [0.15, 0.2) is 18.2 Å². The highest BCUT2D eigenvalue weighted by Gasteiger charge is 2.15. The number of halogens is 2. The smallest absolute Gasteiger partial charge is 0.312 e. The van der Waals surface area contributed by atoms with Crippen molar-refractivity contribution in [3.8, 4) is 5.75 Å². The lowest BCUT2D eigenvalue weighted by molar-refractivity contribution is -0.148. The molecule has 0 radical (unpaired) electrons. The predicted octanol–water partition coefficient (Wildman–Crippen LogP) is 2.54. The number of carbonyl (C=O) groups is 1. The topological polar surface area (TPSA) is 35.5 Å². The number of esters is 1. The Morgan fingerprint density at radius 3 is 2.65 bits per heavy atom. The van der Waals surface area contributed by atoms with Crippen LogP contribution in [0.5, 0.6) is 5.75 Å². The molecule has 0 saturated heterocycles. The van der Waals surface area contributed by atoms with Gasteiger partial charge in [-0.2, -0.15) is 0 Å². The maximum absolute atomic E-state index is 12.8. The summed E-state index contributed by atoms with van der Waals surface area (Å²) >= 11 is 0. The van der Waals surface area contributed by atoms with Gasteiger partial charge in [-0.1, -0.05) is 0 Å². The minimum atomic E-state index is -0.980. The first kappa shape index (κ1) is 13.4. The van der Waals surface area contributed by atoms with Crippen LogP contribution in [0.2, 0.25) is 0 Å². The molecule has 0 fully saturated rings. The maximum Gasteiger partial charge on any atom is 0.312 e. The van der Waals surface area contributed by atoms with Crippen LogP contribution >= 0.6 is 0 Å². The number of hydrogen-bond donors (Lipinski definition) is 0. The van der Waals surface area contributed by atoms with Gasteiger partial charge >= 0.3 is 5.97 Å². The summed E-state index contributed by atoms with van der Waals surface area (Å²) in [5, 5.41) is 0. The van der Waals surface area contributed by atoms with Crippen molar-refractivity contribution in [1.82, 2.24) is 0 Å². The van der Waals surface area contributed by atoms with E-state index in [4.69, 9.17) is 9.47 Å². The van der Waals surface area contributed by atoms with Crippen molar-refractivity contribution in [3.63, 3.8) is 0 Å². The van der Waals surface area contributed by atoms with Crippen LogP contribution in [0.25, 0.3) is 0 Å². The molecule has 0 aliphatic carbocycles. The number of ether oxygens (including phenoxy) is 2. The summed E-state index contributed by atoms with van der Waals surface area (Å²) in [6.45, 7) is 3.71. The molecule has 0 N–H and O–H groups in total. The summed E-state index contributed by atoms with van der Waals surface area (Å²) in [7, 11) is 0. The van der Waals surface area contributed by atoms with Crippen LogP contribution in [0.4, 0.5) is 8.78 Å². The van der Waals surface area contributed by atoms with E-state index in [1.807, 2.05) is 0 Å². The summed E-state index contributed by atoms with van der Waals surface area (Å²) in [6.07, 6.45) is 0. The largest absolute Gasteiger partial charge is 0.493 e. The summed E-state index contributed by atoms with van der Waals surface area (Å²) in [4.78, 5) is 11.2. The molecule has 1 unspecified atom stereocenters. The minimum absolute atomic E-state index is 0.0594. The van der Waals surface area contributed by atoms with Gasteiger partial charge in [0.2, 0.25) is 0 Å². The first-order chi connectivity index (χ1) is 8.04.